The van der Waals surface area contributed by atoms with Crippen molar-refractivity contribution in [1.82, 2.24) is 15.1 Å². The minimum Gasteiger partial charge on any atom is -0.496 e. The van der Waals surface area contributed by atoms with E-state index >= 15 is 0 Å². The molecule has 0 aliphatic rings. The first-order valence-corrected chi connectivity index (χ1v) is 6.64. The standard InChI is InChI=1S/C15H21N3O2/c1-5-16-15(11-9-17-18(2)10-11)14-12(19-3)7-6-8-13(14)20-4/h6-10,15-16H,5H2,1-4H3. The zero-order chi connectivity index (χ0) is 14.5. The van der Waals surface area contributed by atoms with Gasteiger partial charge >= 0.3 is 0 Å². The quantitative estimate of drug-likeness (QED) is 0.877. The number of nitrogens with zero attached hydrogens (tertiary/aromatic N) is 2. The first-order chi connectivity index (χ1) is 9.71. The molecular weight excluding hydrogens is 254 g/mol. The number of ether oxygens (including phenoxy) is 2. The van der Waals surface area contributed by atoms with Crippen molar-refractivity contribution in [3.8, 4) is 11.5 Å². The van der Waals surface area contributed by atoms with Crippen LogP contribution < -0.4 is 14.8 Å². The van der Waals surface area contributed by atoms with E-state index in [0.717, 1.165) is 29.2 Å². The summed E-state index contributed by atoms with van der Waals surface area (Å²) in [7, 11) is 5.25. The highest BCUT2D eigenvalue weighted by Crippen LogP contribution is 2.37. The molecule has 1 aromatic carbocycles. The Morgan fingerprint density at radius 1 is 1.25 bits per heavy atom. The molecule has 0 amide bonds. The van der Waals surface area contributed by atoms with Gasteiger partial charge in [-0.3, -0.25) is 4.68 Å². The average molecular weight is 275 g/mol. The van der Waals surface area contributed by atoms with Crippen molar-refractivity contribution in [3.63, 3.8) is 0 Å². The third-order valence-corrected chi connectivity index (χ3v) is 3.22. The number of benzene rings is 1. The van der Waals surface area contributed by atoms with Gasteiger partial charge in [-0.25, -0.2) is 0 Å². The molecular formula is C15H21N3O2. The predicted molar refractivity (Wildman–Crippen MR) is 78.3 cm³/mol. The molecule has 5 heteroatoms. The summed E-state index contributed by atoms with van der Waals surface area (Å²) in [5.74, 6) is 1.61. The zero-order valence-electron chi connectivity index (χ0n) is 12.4. The third kappa shape index (κ3) is 2.77. The number of hydrogen-bond donors (Lipinski definition) is 1. The molecule has 108 valence electrons. The van der Waals surface area contributed by atoms with E-state index in [-0.39, 0.29) is 6.04 Å². The Hall–Kier alpha value is -2.01. The largest absolute Gasteiger partial charge is 0.496 e. The first-order valence-electron chi connectivity index (χ1n) is 6.64. The second-order valence-electron chi connectivity index (χ2n) is 4.51. The van der Waals surface area contributed by atoms with Crippen LogP contribution in [0.5, 0.6) is 11.5 Å². The first kappa shape index (κ1) is 14.4. The fraction of sp³-hybridized carbons (Fsp3) is 0.400. The van der Waals surface area contributed by atoms with Crippen molar-refractivity contribution in [2.45, 2.75) is 13.0 Å². The van der Waals surface area contributed by atoms with E-state index in [2.05, 4.69) is 17.3 Å². The average Bonchev–Trinajstić information content (AvgIpc) is 2.90. The van der Waals surface area contributed by atoms with E-state index in [0.29, 0.717) is 0 Å². The van der Waals surface area contributed by atoms with Crippen LogP contribution in [0, 0.1) is 0 Å². The molecule has 1 heterocycles. The van der Waals surface area contributed by atoms with E-state index in [1.54, 1.807) is 18.9 Å². The van der Waals surface area contributed by atoms with Crippen LogP contribution >= 0.6 is 0 Å². The predicted octanol–water partition coefficient (Wildman–Crippen LogP) is 2.14. The van der Waals surface area contributed by atoms with Gasteiger partial charge in [-0.05, 0) is 18.7 Å². The molecule has 0 aliphatic heterocycles. The van der Waals surface area contributed by atoms with Crippen LogP contribution in [0.2, 0.25) is 0 Å². The van der Waals surface area contributed by atoms with E-state index in [9.17, 15) is 0 Å². The summed E-state index contributed by atoms with van der Waals surface area (Å²) in [6.07, 6.45) is 3.86. The lowest BCUT2D eigenvalue weighted by Crippen LogP contribution is -2.22. The highest BCUT2D eigenvalue weighted by atomic mass is 16.5. The van der Waals surface area contributed by atoms with Gasteiger partial charge in [0.25, 0.3) is 0 Å². The Kier molecular flexibility index (Phi) is 4.63. The smallest absolute Gasteiger partial charge is 0.127 e. The van der Waals surface area contributed by atoms with Gasteiger partial charge in [-0.15, -0.1) is 0 Å². The van der Waals surface area contributed by atoms with Gasteiger partial charge in [0.05, 0.1) is 32.0 Å². The van der Waals surface area contributed by atoms with Gasteiger partial charge in [-0.2, -0.15) is 5.10 Å². The minimum absolute atomic E-state index is 0.0141. The van der Waals surface area contributed by atoms with Gasteiger partial charge in [0.2, 0.25) is 0 Å². The maximum absolute atomic E-state index is 5.50. The summed E-state index contributed by atoms with van der Waals surface area (Å²) in [5, 5.41) is 7.72. The maximum Gasteiger partial charge on any atom is 0.127 e. The van der Waals surface area contributed by atoms with E-state index < -0.39 is 0 Å². The Morgan fingerprint density at radius 3 is 2.35 bits per heavy atom. The molecule has 0 aliphatic carbocycles. The number of nitrogens with one attached hydrogen (secondary N) is 1. The van der Waals surface area contributed by atoms with Crippen LogP contribution in [-0.2, 0) is 7.05 Å². The summed E-state index contributed by atoms with van der Waals surface area (Å²) >= 11 is 0. The molecule has 1 N–H and O–H groups in total. The molecule has 1 unspecified atom stereocenters. The van der Waals surface area contributed by atoms with Crippen LogP contribution in [0.1, 0.15) is 24.1 Å². The number of hydrogen-bond acceptors (Lipinski definition) is 4. The fourth-order valence-corrected chi connectivity index (χ4v) is 2.34. The van der Waals surface area contributed by atoms with Crippen molar-refractivity contribution in [3.05, 3.63) is 41.7 Å². The molecule has 5 nitrogen and oxygen atoms in total. The van der Waals surface area contributed by atoms with Gasteiger partial charge in [0, 0.05) is 18.8 Å². The van der Waals surface area contributed by atoms with Gasteiger partial charge < -0.3 is 14.8 Å². The topological polar surface area (TPSA) is 48.3 Å². The van der Waals surface area contributed by atoms with E-state index in [1.165, 1.54) is 0 Å². The second-order valence-corrected chi connectivity index (χ2v) is 4.51. The molecule has 0 radical (unpaired) electrons. The molecule has 1 atom stereocenters. The Balaban J connectivity index is 2.53. The lowest BCUT2D eigenvalue weighted by atomic mass is 9.99. The van der Waals surface area contributed by atoms with Crippen LogP contribution in [0.3, 0.4) is 0 Å². The lowest BCUT2D eigenvalue weighted by molar-refractivity contribution is 0.377. The van der Waals surface area contributed by atoms with Gasteiger partial charge in [0.15, 0.2) is 0 Å². The van der Waals surface area contributed by atoms with Crippen molar-refractivity contribution < 1.29 is 9.47 Å². The number of aromatic nitrogens is 2. The Labute approximate surface area is 119 Å². The van der Waals surface area contributed by atoms with E-state index in [1.807, 2.05) is 37.6 Å². The molecule has 0 saturated carbocycles. The number of aryl methyl sites for hydroxylation is 1. The number of rotatable bonds is 6. The normalized spacial score (nSPS) is 12.2. The van der Waals surface area contributed by atoms with Crippen molar-refractivity contribution in [2.75, 3.05) is 20.8 Å². The zero-order valence-corrected chi connectivity index (χ0v) is 12.4. The highest BCUT2D eigenvalue weighted by Gasteiger charge is 2.22. The fourth-order valence-electron chi connectivity index (χ4n) is 2.34. The lowest BCUT2D eigenvalue weighted by Gasteiger charge is -2.22. The maximum atomic E-state index is 5.50. The van der Waals surface area contributed by atoms with Crippen LogP contribution in [0.25, 0.3) is 0 Å². The summed E-state index contributed by atoms with van der Waals surface area (Å²) in [6, 6.07) is 5.80. The van der Waals surface area contributed by atoms with Crippen molar-refractivity contribution in [1.29, 1.82) is 0 Å². The van der Waals surface area contributed by atoms with E-state index in [4.69, 9.17) is 9.47 Å². The Bertz CT molecular complexity index is 544. The third-order valence-electron chi connectivity index (χ3n) is 3.22. The molecule has 0 bridgehead atoms. The minimum atomic E-state index is -0.0141. The summed E-state index contributed by atoms with van der Waals surface area (Å²) < 4.78 is 12.8. The molecule has 1 aromatic heterocycles. The molecule has 2 rings (SSSR count). The molecule has 0 saturated heterocycles. The SMILES string of the molecule is CCNC(c1cnn(C)c1)c1c(OC)cccc1OC. The van der Waals surface area contributed by atoms with Crippen molar-refractivity contribution in [2.24, 2.45) is 7.05 Å². The summed E-state index contributed by atoms with van der Waals surface area (Å²) in [4.78, 5) is 0. The van der Waals surface area contributed by atoms with Gasteiger partial charge in [-0.1, -0.05) is 13.0 Å². The van der Waals surface area contributed by atoms with Crippen LogP contribution in [0.15, 0.2) is 30.6 Å². The van der Waals surface area contributed by atoms with Crippen molar-refractivity contribution >= 4 is 0 Å². The van der Waals surface area contributed by atoms with Gasteiger partial charge in [0.1, 0.15) is 11.5 Å². The summed E-state index contributed by atoms with van der Waals surface area (Å²) in [6.45, 7) is 2.91. The van der Waals surface area contributed by atoms with Crippen LogP contribution in [-0.4, -0.2) is 30.5 Å². The summed E-state index contributed by atoms with van der Waals surface area (Å²) in [5.41, 5.74) is 2.07. The highest BCUT2D eigenvalue weighted by molar-refractivity contribution is 5.50. The number of methoxy groups -OCH3 is 2. The monoisotopic (exact) mass is 275 g/mol. The molecule has 20 heavy (non-hydrogen) atoms. The molecule has 0 fully saturated rings. The molecule has 0 spiro atoms. The van der Waals surface area contributed by atoms with Crippen LogP contribution in [0.4, 0.5) is 0 Å². The second kappa shape index (κ2) is 6.43. The molecule has 2 aromatic rings. The Morgan fingerprint density at radius 2 is 1.90 bits per heavy atom.